The predicted octanol–water partition coefficient (Wildman–Crippen LogP) is 2.42. The highest BCUT2D eigenvalue weighted by atomic mass is 16.3. The van der Waals surface area contributed by atoms with Crippen molar-refractivity contribution in [2.45, 2.75) is 32.2 Å². The van der Waals surface area contributed by atoms with Gasteiger partial charge in [0.1, 0.15) is 5.76 Å². The van der Waals surface area contributed by atoms with E-state index in [9.17, 15) is 0 Å². The molecule has 90 valence electrons. The first-order chi connectivity index (χ1) is 7.86. The lowest BCUT2D eigenvalue weighted by Crippen LogP contribution is -2.26. The van der Waals surface area contributed by atoms with Gasteiger partial charge in [-0.15, -0.1) is 0 Å². The topological polar surface area (TPSA) is 28.4 Å². The van der Waals surface area contributed by atoms with Crippen LogP contribution in [0.25, 0.3) is 0 Å². The van der Waals surface area contributed by atoms with E-state index < -0.39 is 0 Å². The molecule has 1 unspecified atom stereocenters. The van der Waals surface area contributed by atoms with E-state index in [0.29, 0.717) is 6.04 Å². The molecule has 0 saturated carbocycles. The van der Waals surface area contributed by atoms with Gasteiger partial charge >= 0.3 is 0 Å². The second kappa shape index (κ2) is 6.06. The predicted molar refractivity (Wildman–Crippen MR) is 65.4 cm³/mol. The lowest BCUT2D eigenvalue weighted by molar-refractivity contribution is 0.325. The Morgan fingerprint density at radius 3 is 2.94 bits per heavy atom. The Morgan fingerprint density at radius 1 is 1.44 bits per heavy atom. The Balaban J connectivity index is 1.57. The van der Waals surface area contributed by atoms with Gasteiger partial charge in [0.05, 0.1) is 12.3 Å². The fourth-order valence-electron chi connectivity index (χ4n) is 2.27. The number of likely N-dealkylation sites (tertiary alicyclic amines) is 1. The van der Waals surface area contributed by atoms with Gasteiger partial charge in [0.2, 0.25) is 0 Å². The molecule has 1 fully saturated rings. The van der Waals surface area contributed by atoms with E-state index in [2.05, 4.69) is 17.1 Å². The standard InChI is InChI=1S/C13H22N2O/c1-12(13-6-4-11-16-13)14-7-5-10-15-8-2-3-9-15/h4,6,11-12,14H,2-3,5,7-10H2,1H3. The summed E-state index contributed by atoms with van der Waals surface area (Å²) in [7, 11) is 0. The first-order valence-electron chi connectivity index (χ1n) is 6.35. The molecule has 2 rings (SSSR count). The third-order valence-corrected chi connectivity index (χ3v) is 3.27. The summed E-state index contributed by atoms with van der Waals surface area (Å²) >= 11 is 0. The molecule has 2 heterocycles. The van der Waals surface area contributed by atoms with Crippen LogP contribution in [0.3, 0.4) is 0 Å². The van der Waals surface area contributed by atoms with Crippen molar-refractivity contribution in [2.75, 3.05) is 26.2 Å². The zero-order valence-electron chi connectivity index (χ0n) is 10.1. The maximum Gasteiger partial charge on any atom is 0.120 e. The van der Waals surface area contributed by atoms with E-state index in [1.807, 2.05) is 12.1 Å². The summed E-state index contributed by atoms with van der Waals surface area (Å²) in [4.78, 5) is 2.55. The fourth-order valence-corrected chi connectivity index (χ4v) is 2.27. The molecule has 1 aliphatic heterocycles. The number of nitrogens with one attached hydrogen (secondary N) is 1. The highest BCUT2D eigenvalue weighted by Gasteiger charge is 2.11. The summed E-state index contributed by atoms with van der Waals surface area (Å²) < 4.78 is 5.35. The van der Waals surface area contributed by atoms with Gasteiger partial charge in [-0.25, -0.2) is 0 Å². The lowest BCUT2D eigenvalue weighted by atomic mass is 10.2. The fraction of sp³-hybridized carbons (Fsp3) is 0.692. The molecule has 3 heteroatoms. The second-order valence-corrected chi connectivity index (χ2v) is 4.59. The van der Waals surface area contributed by atoms with Crippen LogP contribution in [0.2, 0.25) is 0 Å². The molecule has 1 aromatic heterocycles. The van der Waals surface area contributed by atoms with E-state index in [1.54, 1.807) is 6.26 Å². The van der Waals surface area contributed by atoms with Crippen LogP contribution in [0.4, 0.5) is 0 Å². The summed E-state index contributed by atoms with van der Waals surface area (Å²) in [5, 5.41) is 3.49. The highest BCUT2D eigenvalue weighted by molar-refractivity contribution is 5.02. The van der Waals surface area contributed by atoms with Crippen LogP contribution in [-0.2, 0) is 0 Å². The number of rotatable bonds is 6. The first-order valence-corrected chi connectivity index (χ1v) is 6.35. The maximum atomic E-state index is 5.35. The summed E-state index contributed by atoms with van der Waals surface area (Å²) in [6, 6.07) is 4.30. The summed E-state index contributed by atoms with van der Waals surface area (Å²) in [6.07, 6.45) is 5.73. The molecule has 0 bridgehead atoms. The van der Waals surface area contributed by atoms with Gasteiger partial charge in [-0.1, -0.05) is 0 Å². The molecule has 1 N–H and O–H groups in total. The largest absolute Gasteiger partial charge is 0.468 e. The van der Waals surface area contributed by atoms with Crippen molar-refractivity contribution < 1.29 is 4.42 Å². The van der Waals surface area contributed by atoms with Gasteiger partial charge in [-0.05, 0) is 64.5 Å². The number of nitrogens with zero attached hydrogens (tertiary/aromatic N) is 1. The van der Waals surface area contributed by atoms with Gasteiger partial charge in [0.25, 0.3) is 0 Å². The molecule has 1 saturated heterocycles. The zero-order chi connectivity index (χ0) is 11.2. The summed E-state index contributed by atoms with van der Waals surface area (Å²) in [5.74, 6) is 1.03. The Kier molecular flexibility index (Phi) is 4.43. The van der Waals surface area contributed by atoms with Crippen LogP contribution in [-0.4, -0.2) is 31.1 Å². The van der Waals surface area contributed by atoms with Crippen molar-refractivity contribution in [1.82, 2.24) is 10.2 Å². The van der Waals surface area contributed by atoms with E-state index in [0.717, 1.165) is 12.3 Å². The van der Waals surface area contributed by atoms with Gasteiger partial charge in [0, 0.05) is 0 Å². The Labute approximate surface area is 97.8 Å². The minimum atomic E-state index is 0.327. The first kappa shape index (κ1) is 11.7. The number of furan rings is 1. The average molecular weight is 222 g/mol. The van der Waals surface area contributed by atoms with Crippen molar-refractivity contribution >= 4 is 0 Å². The minimum Gasteiger partial charge on any atom is -0.468 e. The van der Waals surface area contributed by atoms with Gasteiger partial charge in [-0.2, -0.15) is 0 Å². The van der Waals surface area contributed by atoms with Crippen molar-refractivity contribution in [3.63, 3.8) is 0 Å². The Bertz CT molecular complexity index is 278. The number of hydrogen-bond donors (Lipinski definition) is 1. The lowest BCUT2D eigenvalue weighted by Gasteiger charge is -2.16. The normalized spacial score (nSPS) is 19.1. The van der Waals surface area contributed by atoms with Crippen molar-refractivity contribution in [2.24, 2.45) is 0 Å². The van der Waals surface area contributed by atoms with Crippen LogP contribution in [0.15, 0.2) is 22.8 Å². The molecular weight excluding hydrogens is 200 g/mol. The minimum absolute atomic E-state index is 0.327. The molecule has 0 aliphatic carbocycles. The SMILES string of the molecule is CC(NCCCN1CCCC1)c1ccco1. The smallest absolute Gasteiger partial charge is 0.120 e. The molecule has 3 nitrogen and oxygen atoms in total. The summed E-state index contributed by atoms with van der Waals surface area (Å²) in [6.45, 7) is 7.05. The quantitative estimate of drug-likeness (QED) is 0.749. The number of hydrogen-bond acceptors (Lipinski definition) is 3. The molecule has 1 aliphatic rings. The highest BCUT2D eigenvalue weighted by Crippen LogP contribution is 2.12. The van der Waals surface area contributed by atoms with E-state index in [-0.39, 0.29) is 0 Å². The van der Waals surface area contributed by atoms with Crippen molar-refractivity contribution in [3.05, 3.63) is 24.2 Å². The zero-order valence-corrected chi connectivity index (χ0v) is 10.1. The Hall–Kier alpha value is -0.800. The van der Waals surface area contributed by atoms with Crippen LogP contribution in [0.1, 0.15) is 38.0 Å². The van der Waals surface area contributed by atoms with Crippen LogP contribution in [0.5, 0.6) is 0 Å². The monoisotopic (exact) mass is 222 g/mol. The molecule has 0 radical (unpaired) electrons. The second-order valence-electron chi connectivity index (χ2n) is 4.59. The van der Waals surface area contributed by atoms with Gasteiger partial charge < -0.3 is 14.6 Å². The van der Waals surface area contributed by atoms with Crippen LogP contribution >= 0.6 is 0 Å². The van der Waals surface area contributed by atoms with Crippen molar-refractivity contribution in [3.8, 4) is 0 Å². The summed E-state index contributed by atoms with van der Waals surface area (Å²) in [5.41, 5.74) is 0. The third-order valence-electron chi connectivity index (χ3n) is 3.27. The molecule has 1 atom stereocenters. The molecule has 1 aromatic rings. The molecular formula is C13H22N2O. The van der Waals surface area contributed by atoms with Crippen LogP contribution < -0.4 is 5.32 Å². The molecule has 0 spiro atoms. The average Bonchev–Trinajstić information content (AvgIpc) is 2.96. The van der Waals surface area contributed by atoms with Gasteiger partial charge in [0.15, 0.2) is 0 Å². The third kappa shape index (κ3) is 3.35. The maximum absolute atomic E-state index is 5.35. The van der Waals surface area contributed by atoms with Gasteiger partial charge in [-0.3, -0.25) is 0 Å². The van der Waals surface area contributed by atoms with E-state index >= 15 is 0 Å². The molecule has 0 aromatic carbocycles. The van der Waals surface area contributed by atoms with Crippen molar-refractivity contribution in [1.29, 1.82) is 0 Å². The van der Waals surface area contributed by atoms with E-state index in [1.165, 1.54) is 38.9 Å². The van der Waals surface area contributed by atoms with Crippen LogP contribution in [0, 0.1) is 0 Å². The molecule has 16 heavy (non-hydrogen) atoms. The Morgan fingerprint density at radius 2 is 2.25 bits per heavy atom. The van der Waals surface area contributed by atoms with E-state index in [4.69, 9.17) is 4.42 Å². The molecule has 0 amide bonds.